The van der Waals surface area contributed by atoms with Gasteiger partial charge in [0.2, 0.25) is 0 Å². The average molecular weight is 309 g/mol. The third kappa shape index (κ3) is 2.52. The van der Waals surface area contributed by atoms with Crippen molar-refractivity contribution in [2.75, 3.05) is 0 Å². The zero-order chi connectivity index (χ0) is 15.2. The van der Waals surface area contributed by atoms with Crippen molar-refractivity contribution >= 4 is 11.6 Å². The maximum atomic E-state index is 13.9. The van der Waals surface area contributed by atoms with Gasteiger partial charge in [-0.05, 0) is 31.0 Å². The molecule has 0 bridgehead atoms. The number of alkyl halides is 7. The maximum Gasteiger partial charge on any atom is 0.435 e. The van der Waals surface area contributed by atoms with E-state index in [1.54, 1.807) is 0 Å². The summed E-state index contributed by atoms with van der Waals surface area (Å²) >= 11 is 5.52. The van der Waals surface area contributed by atoms with Crippen molar-refractivity contribution in [1.29, 1.82) is 0 Å². The van der Waals surface area contributed by atoms with Crippen molar-refractivity contribution in [2.24, 2.45) is 0 Å². The molecule has 0 aliphatic rings. The number of rotatable bonds is 1. The van der Waals surface area contributed by atoms with Crippen LogP contribution in [0.15, 0.2) is 12.1 Å². The zero-order valence-corrected chi connectivity index (χ0v) is 10.4. The molecule has 0 aromatic heterocycles. The monoisotopic (exact) mass is 308 g/mol. The Morgan fingerprint density at radius 3 is 1.63 bits per heavy atom. The first-order valence-electron chi connectivity index (χ1n) is 4.92. The lowest BCUT2D eigenvalue weighted by molar-refractivity contribution is -0.348. The molecule has 0 aliphatic carbocycles. The molecule has 0 radical (unpaired) electrons. The summed E-state index contributed by atoms with van der Waals surface area (Å²) < 4.78 is 89.4. The van der Waals surface area contributed by atoms with E-state index in [-0.39, 0.29) is 10.6 Å². The Morgan fingerprint density at radius 1 is 0.842 bits per heavy atom. The second kappa shape index (κ2) is 4.54. The van der Waals surface area contributed by atoms with Crippen LogP contribution in [0.5, 0.6) is 0 Å². The minimum absolute atomic E-state index is 0.00104. The molecule has 0 fully saturated rings. The van der Waals surface area contributed by atoms with Crippen LogP contribution in [0.4, 0.5) is 30.7 Å². The Bertz CT molecular complexity index is 473. The molecule has 19 heavy (non-hydrogen) atoms. The fourth-order valence-electron chi connectivity index (χ4n) is 1.64. The van der Waals surface area contributed by atoms with Gasteiger partial charge in [0, 0.05) is 10.6 Å². The smallest absolute Gasteiger partial charge is 0.218 e. The van der Waals surface area contributed by atoms with Crippen molar-refractivity contribution in [3.8, 4) is 0 Å². The maximum absolute atomic E-state index is 13.9. The van der Waals surface area contributed by atoms with Gasteiger partial charge in [0.25, 0.3) is 0 Å². The summed E-state index contributed by atoms with van der Waals surface area (Å²) in [6.45, 7) is 2.13. The van der Waals surface area contributed by atoms with Crippen LogP contribution in [0.1, 0.15) is 16.7 Å². The van der Waals surface area contributed by atoms with Crippen LogP contribution in [-0.4, -0.2) is 12.4 Å². The summed E-state index contributed by atoms with van der Waals surface area (Å²) in [6.07, 6.45) is -12.3. The van der Waals surface area contributed by atoms with Crippen LogP contribution in [-0.2, 0) is 5.67 Å². The number of benzene rings is 1. The minimum Gasteiger partial charge on any atom is -0.218 e. The van der Waals surface area contributed by atoms with Crippen molar-refractivity contribution in [3.05, 3.63) is 33.8 Å². The summed E-state index contributed by atoms with van der Waals surface area (Å²) in [5.74, 6) is 0. The topological polar surface area (TPSA) is 0 Å². The Kier molecular flexibility index (Phi) is 3.84. The lowest BCUT2D eigenvalue weighted by atomic mass is 9.89. The summed E-state index contributed by atoms with van der Waals surface area (Å²) in [4.78, 5) is 0. The molecule has 1 rings (SSSR count). The summed E-state index contributed by atoms with van der Waals surface area (Å²) in [5.41, 5.74) is -7.57. The molecular weight excluding hydrogens is 301 g/mol. The SMILES string of the molecule is Cc1cc(Cl)c(C)c(C(F)(C(F)(F)F)C(F)(F)F)c1. The largest absolute Gasteiger partial charge is 0.435 e. The molecule has 0 saturated carbocycles. The molecule has 8 heteroatoms. The summed E-state index contributed by atoms with van der Waals surface area (Å²) in [7, 11) is 0. The highest BCUT2D eigenvalue weighted by Gasteiger charge is 2.74. The lowest BCUT2D eigenvalue weighted by Gasteiger charge is -2.31. The van der Waals surface area contributed by atoms with Gasteiger partial charge in [0.05, 0.1) is 0 Å². The molecule has 0 aliphatic heterocycles. The first-order chi connectivity index (χ1) is 8.32. The second-order valence-corrected chi connectivity index (χ2v) is 4.48. The van der Waals surface area contributed by atoms with Gasteiger partial charge in [-0.1, -0.05) is 17.7 Å². The van der Waals surface area contributed by atoms with Gasteiger partial charge in [-0.15, -0.1) is 0 Å². The van der Waals surface area contributed by atoms with Gasteiger partial charge in [0.15, 0.2) is 0 Å². The molecule has 0 atom stereocenters. The number of hydrogen-bond donors (Lipinski definition) is 0. The Hall–Kier alpha value is -0.980. The molecule has 0 nitrogen and oxygen atoms in total. The van der Waals surface area contributed by atoms with E-state index >= 15 is 0 Å². The third-order valence-electron chi connectivity index (χ3n) is 2.64. The van der Waals surface area contributed by atoms with E-state index in [4.69, 9.17) is 11.6 Å². The van der Waals surface area contributed by atoms with Gasteiger partial charge in [-0.2, -0.15) is 26.3 Å². The molecule has 108 valence electrons. The quantitative estimate of drug-likeness (QED) is 0.622. The van der Waals surface area contributed by atoms with Crippen LogP contribution in [0.3, 0.4) is 0 Å². The Morgan fingerprint density at radius 2 is 1.26 bits per heavy atom. The molecule has 1 aromatic rings. The predicted octanol–water partition coefficient (Wildman–Crippen LogP) is 5.25. The molecule has 0 spiro atoms. The van der Waals surface area contributed by atoms with E-state index in [0.29, 0.717) is 6.07 Å². The number of aryl methyl sites for hydroxylation is 1. The van der Waals surface area contributed by atoms with Crippen LogP contribution >= 0.6 is 11.6 Å². The summed E-state index contributed by atoms with van der Waals surface area (Å²) in [6, 6.07) is 1.66. The van der Waals surface area contributed by atoms with Crippen molar-refractivity contribution in [3.63, 3.8) is 0 Å². The first-order valence-corrected chi connectivity index (χ1v) is 5.29. The molecular formula is C11H8ClF7. The zero-order valence-electron chi connectivity index (χ0n) is 9.68. The van der Waals surface area contributed by atoms with Crippen molar-refractivity contribution < 1.29 is 30.7 Å². The van der Waals surface area contributed by atoms with E-state index in [9.17, 15) is 30.7 Å². The van der Waals surface area contributed by atoms with Crippen molar-refractivity contribution in [1.82, 2.24) is 0 Å². The Balaban J connectivity index is 3.71. The van der Waals surface area contributed by atoms with E-state index in [1.165, 1.54) is 6.92 Å². The first kappa shape index (κ1) is 16.1. The van der Waals surface area contributed by atoms with Gasteiger partial charge >= 0.3 is 18.0 Å². The third-order valence-corrected chi connectivity index (χ3v) is 3.03. The highest BCUT2D eigenvalue weighted by molar-refractivity contribution is 6.31. The lowest BCUT2D eigenvalue weighted by Crippen LogP contribution is -2.50. The van der Waals surface area contributed by atoms with Gasteiger partial charge < -0.3 is 0 Å². The molecule has 0 saturated heterocycles. The normalized spacial score (nSPS) is 13.8. The van der Waals surface area contributed by atoms with Crippen LogP contribution in [0.2, 0.25) is 5.02 Å². The molecule has 0 unspecified atom stereocenters. The standard InChI is InChI=1S/C11H8ClF7/c1-5-3-7(6(2)8(12)4-5)9(13,10(14,15)16)11(17,18)19/h3-4H,1-2H3. The molecule has 0 amide bonds. The molecule has 1 aromatic carbocycles. The number of hydrogen-bond acceptors (Lipinski definition) is 0. The minimum atomic E-state index is -6.13. The highest BCUT2D eigenvalue weighted by atomic mass is 35.5. The fourth-order valence-corrected chi connectivity index (χ4v) is 1.91. The van der Waals surface area contributed by atoms with Crippen LogP contribution in [0, 0.1) is 13.8 Å². The summed E-state index contributed by atoms with van der Waals surface area (Å²) in [5, 5.41) is -0.356. The van der Waals surface area contributed by atoms with Crippen molar-refractivity contribution in [2.45, 2.75) is 31.9 Å². The predicted molar refractivity (Wildman–Crippen MR) is 55.8 cm³/mol. The van der Waals surface area contributed by atoms with Gasteiger partial charge in [-0.25, -0.2) is 4.39 Å². The van der Waals surface area contributed by atoms with E-state index in [1.807, 2.05) is 0 Å². The Labute approximate surface area is 109 Å². The van der Waals surface area contributed by atoms with Gasteiger partial charge in [-0.3, -0.25) is 0 Å². The average Bonchev–Trinajstić information content (AvgIpc) is 2.18. The van der Waals surface area contributed by atoms with Gasteiger partial charge in [0.1, 0.15) is 0 Å². The highest BCUT2D eigenvalue weighted by Crippen LogP contribution is 2.54. The fraction of sp³-hybridized carbons (Fsp3) is 0.455. The second-order valence-electron chi connectivity index (χ2n) is 4.07. The van der Waals surface area contributed by atoms with Crippen LogP contribution in [0.25, 0.3) is 0 Å². The van der Waals surface area contributed by atoms with E-state index in [0.717, 1.165) is 13.0 Å². The van der Waals surface area contributed by atoms with E-state index in [2.05, 4.69) is 0 Å². The molecule has 0 N–H and O–H groups in total. The van der Waals surface area contributed by atoms with Crippen LogP contribution < -0.4 is 0 Å². The number of halogens is 8. The van der Waals surface area contributed by atoms with E-state index < -0.39 is 29.1 Å². The molecule has 0 heterocycles.